The number of carbonyl (C=O) groups excluding carboxylic acids is 1. The van der Waals surface area contributed by atoms with Crippen molar-refractivity contribution in [2.24, 2.45) is 45.3 Å². The molecule has 6 aliphatic carbocycles. The van der Waals surface area contributed by atoms with Crippen molar-refractivity contribution >= 4 is 11.9 Å². The molecule has 0 aromatic rings. The third-order valence-electron chi connectivity index (χ3n) is 10.3. The Hall–Kier alpha value is -1.06. The molecule has 9 atom stereocenters. The molecule has 6 fully saturated rings. The van der Waals surface area contributed by atoms with Crippen LogP contribution in [0.1, 0.15) is 72.6 Å². The summed E-state index contributed by atoms with van der Waals surface area (Å²) in [5, 5.41) is 10.2. The van der Waals surface area contributed by atoms with Crippen LogP contribution in [0.3, 0.4) is 0 Å². The van der Waals surface area contributed by atoms with Gasteiger partial charge in [0.2, 0.25) is 0 Å². The van der Waals surface area contributed by atoms with Crippen LogP contribution in [0.2, 0.25) is 0 Å². The smallest absolute Gasteiger partial charge is 0.313 e. The lowest BCUT2D eigenvalue weighted by Gasteiger charge is -2.65. The van der Waals surface area contributed by atoms with Crippen LogP contribution >= 0.6 is 0 Å². The minimum Gasteiger partial charge on any atom is -0.481 e. The first-order valence-corrected chi connectivity index (χ1v) is 10.5. The third kappa shape index (κ3) is 1.73. The summed E-state index contributed by atoms with van der Waals surface area (Å²) in [4.78, 5) is 24.1. The Labute approximate surface area is 156 Å². The van der Waals surface area contributed by atoms with Gasteiger partial charge in [0.05, 0.1) is 0 Å². The summed E-state index contributed by atoms with van der Waals surface area (Å²) in [5.74, 6) is 1.45. The molecule has 0 radical (unpaired) electrons. The van der Waals surface area contributed by atoms with E-state index in [2.05, 4.69) is 13.8 Å². The Kier molecular flexibility index (Phi) is 3.07. The molecule has 6 rings (SSSR count). The van der Waals surface area contributed by atoms with E-state index in [1.807, 2.05) is 6.92 Å². The molecule has 4 nitrogen and oxygen atoms in total. The number of fused-ring (bicyclic) bond motifs is 1. The molecular weight excluding hydrogens is 328 g/mol. The molecule has 0 amide bonds. The van der Waals surface area contributed by atoms with Crippen molar-refractivity contribution < 1.29 is 19.4 Å². The van der Waals surface area contributed by atoms with Gasteiger partial charge in [-0.1, -0.05) is 13.8 Å². The largest absolute Gasteiger partial charge is 0.481 e. The monoisotopic (exact) mass is 360 g/mol. The first-order chi connectivity index (χ1) is 12.1. The van der Waals surface area contributed by atoms with E-state index < -0.39 is 17.5 Å². The molecule has 6 aliphatic rings. The molecule has 6 saturated carbocycles. The maximum Gasteiger partial charge on any atom is 0.313 e. The molecule has 0 unspecified atom stereocenters. The number of hydrogen-bond acceptors (Lipinski definition) is 3. The van der Waals surface area contributed by atoms with Crippen LogP contribution < -0.4 is 0 Å². The van der Waals surface area contributed by atoms with Gasteiger partial charge in [-0.2, -0.15) is 0 Å². The molecule has 0 heterocycles. The standard InChI is InChI=1S/C22H32O4/c1-12(23)26-17-6-7-19(2)15(21(17,4)18(24)25)5-8-22-10-14-13(9-16(19)22)20(14,3)11-22/h13-17H,5-11H2,1-4H3,(H,24,25)/t13-,14+,15+,16+,17+,19-,20-,21-,22+/m1/s1. The Morgan fingerprint density at radius 2 is 1.73 bits per heavy atom. The van der Waals surface area contributed by atoms with Crippen LogP contribution in [0.25, 0.3) is 0 Å². The Morgan fingerprint density at radius 1 is 1.00 bits per heavy atom. The number of carboxylic acids is 1. The van der Waals surface area contributed by atoms with Crippen molar-refractivity contribution in [2.45, 2.75) is 78.7 Å². The van der Waals surface area contributed by atoms with Crippen LogP contribution in [0, 0.1) is 45.3 Å². The summed E-state index contributed by atoms with van der Waals surface area (Å²) in [6, 6.07) is 0. The van der Waals surface area contributed by atoms with E-state index in [1.165, 1.54) is 32.6 Å². The number of aliphatic carboxylic acids is 1. The van der Waals surface area contributed by atoms with Crippen molar-refractivity contribution in [1.82, 2.24) is 0 Å². The molecule has 0 aliphatic heterocycles. The SMILES string of the molecule is CC(=O)O[C@H]1CC[C@@]2(C)[C@@H]3C[C@@H]4[C@@H]5C[C@@]3(CC[C@@H]2[C@@]1(C)C(=O)O)C[C@]45C. The van der Waals surface area contributed by atoms with Crippen LogP contribution in [0.4, 0.5) is 0 Å². The normalized spacial score (nSPS) is 59.2. The van der Waals surface area contributed by atoms with Gasteiger partial charge in [-0.3, -0.25) is 9.59 Å². The molecule has 144 valence electrons. The average molecular weight is 360 g/mol. The van der Waals surface area contributed by atoms with Crippen molar-refractivity contribution in [3.63, 3.8) is 0 Å². The highest BCUT2D eigenvalue weighted by Gasteiger charge is 2.79. The van der Waals surface area contributed by atoms with Crippen molar-refractivity contribution in [1.29, 1.82) is 0 Å². The van der Waals surface area contributed by atoms with E-state index >= 15 is 0 Å². The van der Waals surface area contributed by atoms with E-state index in [0.29, 0.717) is 23.2 Å². The zero-order valence-electron chi connectivity index (χ0n) is 16.5. The molecule has 26 heavy (non-hydrogen) atoms. The highest BCUT2D eigenvalue weighted by Crippen LogP contribution is 2.85. The minimum atomic E-state index is -0.965. The molecule has 1 N–H and O–H groups in total. The van der Waals surface area contributed by atoms with Gasteiger partial charge in [0.25, 0.3) is 0 Å². The summed E-state index contributed by atoms with van der Waals surface area (Å²) < 4.78 is 5.56. The lowest BCUT2D eigenvalue weighted by Crippen LogP contribution is -2.63. The molecular formula is C22H32O4. The molecule has 0 aromatic heterocycles. The lowest BCUT2D eigenvalue weighted by molar-refractivity contribution is -0.217. The quantitative estimate of drug-likeness (QED) is 0.747. The predicted octanol–water partition coefficient (Wildman–Crippen LogP) is 4.27. The lowest BCUT2D eigenvalue weighted by atomic mass is 9.39. The Morgan fingerprint density at radius 3 is 2.31 bits per heavy atom. The van der Waals surface area contributed by atoms with Gasteiger partial charge in [0, 0.05) is 6.92 Å². The molecule has 0 aromatic carbocycles. The number of ether oxygens (including phenoxy) is 1. The zero-order chi connectivity index (χ0) is 18.7. The average Bonchev–Trinajstić information content (AvgIpc) is 3.00. The van der Waals surface area contributed by atoms with Gasteiger partial charge < -0.3 is 9.84 Å². The number of rotatable bonds is 2. The second kappa shape index (κ2) is 4.67. The van der Waals surface area contributed by atoms with Crippen LogP contribution in [0.5, 0.6) is 0 Å². The van der Waals surface area contributed by atoms with Crippen molar-refractivity contribution in [3.05, 3.63) is 0 Å². The van der Waals surface area contributed by atoms with E-state index in [9.17, 15) is 14.7 Å². The molecule has 1 spiro atoms. The first kappa shape index (κ1) is 17.1. The Bertz CT molecular complexity index is 702. The number of hydrogen-bond donors (Lipinski definition) is 1. The summed E-state index contributed by atoms with van der Waals surface area (Å²) in [6.45, 7) is 8.14. The fourth-order valence-corrected chi connectivity index (χ4v) is 9.18. The van der Waals surface area contributed by atoms with E-state index in [1.54, 1.807) is 0 Å². The van der Waals surface area contributed by atoms with Crippen molar-refractivity contribution in [3.8, 4) is 0 Å². The fourth-order valence-electron chi connectivity index (χ4n) is 9.18. The highest BCUT2D eigenvalue weighted by molar-refractivity contribution is 5.77. The minimum absolute atomic E-state index is 0.0664. The molecule has 4 heteroatoms. The highest BCUT2D eigenvalue weighted by atomic mass is 16.5. The molecule has 4 bridgehead atoms. The topological polar surface area (TPSA) is 63.6 Å². The van der Waals surface area contributed by atoms with Gasteiger partial charge in [-0.25, -0.2) is 0 Å². The van der Waals surface area contributed by atoms with Gasteiger partial charge in [-0.15, -0.1) is 0 Å². The second-order valence-electron chi connectivity index (χ2n) is 11.1. The van der Waals surface area contributed by atoms with Gasteiger partial charge in [0.15, 0.2) is 0 Å². The van der Waals surface area contributed by atoms with Gasteiger partial charge in [0.1, 0.15) is 11.5 Å². The Balaban J connectivity index is 1.53. The summed E-state index contributed by atoms with van der Waals surface area (Å²) in [6.07, 6.45) is 7.41. The number of carbonyl (C=O) groups is 2. The number of esters is 1. The second-order valence-corrected chi connectivity index (χ2v) is 11.1. The first-order valence-electron chi connectivity index (χ1n) is 10.5. The van der Waals surface area contributed by atoms with Crippen LogP contribution in [-0.4, -0.2) is 23.1 Å². The summed E-state index contributed by atoms with van der Waals surface area (Å²) in [5.41, 5.74) is 0.169. The summed E-state index contributed by atoms with van der Waals surface area (Å²) >= 11 is 0. The predicted molar refractivity (Wildman–Crippen MR) is 96.2 cm³/mol. The van der Waals surface area contributed by atoms with E-state index in [-0.39, 0.29) is 17.3 Å². The van der Waals surface area contributed by atoms with E-state index in [4.69, 9.17) is 4.74 Å². The van der Waals surface area contributed by atoms with Crippen molar-refractivity contribution in [2.75, 3.05) is 0 Å². The van der Waals surface area contributed by atoms with E-state index in [0.717, 1.165) is 24.7 Å². The zero-order valence-corrected chi connectivity index (χ0v) is 16.5. The maximum absolute atomic E-state index is 12.4. The summed E-state index contributed by atoms with van der Waals surface area (Å²) in [7, 11) is 0. The number of carboxylic acid groups (broad SMARTS) is 1. The van der Waals surface area contributed by atoms with Crippen LogP contribution in [0.15, 0.2) is 0 Å². The molecule has 0 saturated heterocycles. The van der Waals surface area contributed by atoms with Gasteiger partial charge >= 0.3 is 11.9 Å². The fraction of sp³-hybridized carbons (Fsp3) is 0.909. The van der Waals surface area contributed by atoms with Gasteiger partial charge in [-0.05, 0) is 91.8 Å². The van der Waals surface area contributed by atoms with Crippen LogP contribution in [-0.2, 0) is 14.3 Å². The maximum atomic E-state index is 12.4. The third-order valence-corrected chi connectivity index (χ3v) is 10.3.